The van der Waals surface area contributed by atoms with Crippen LogP contribution in [-0.4, -0.2) is 12.2 Å². The van der Waals surface area contributed by atoms with Gasteiger partial charge in [0.1, 0.15) is 12.4 Å². The maximum Gasteiger partial charge on any atom is 0.166 e. The van der Waals surface area contributed by atoms with Crippen molar-refractivity contribution in [1.82, 2.24) is 0 Å². The van der Waals surface area contributed by atoms with Crippen molar-refractivity contribution in [2.75, 3.05) is 12.4 Å². The Hall–Kier alpha value is -2.85. The molecule has 4 nitrogen and oxygen atoms in total. The van der Waals surface area contributed by atoms with E-state index in [0.717, 1.165) is 16.8 Å². The summed E-state index contributed by atoms with van der Waals surface area (Å²) in [6.07, 6.45) is 0. The molecule has 3 aromatic rings. The largest absolute Gasteiger partial charge is 0.508 e. The molecular weight excluding hydrogens is 350 g/mol. The molecule has 26 heavy (non-hydrogen) atoms. The van der Waals surface area contributed by atoms with E-state index >= 15 is 0 Å². The van der Waals surface area contributed by atoms with Gasteiger partial charge in [-0.25, -0.2) is 0 Å². The Labute approximate surface area is 158 Å². The van der Waals surface area contributed by atoms with Crippen LogP contribution in [0.1, 0.15) is 11.1 Å². The molecule has 0 heterocycles. The number of hydrogen-bond donors (Lipinski definition) is 2. The van der Waals surface area contributed by atoms with Crippen molar-refractivity contribution >= 4 is 17.3 Å². The van der Waals surface area contributed by atoms with Crippen LogP contribution >= 0.6 is 11.6 Å². The summed E-state index contributed by atoms with van der Waals surface area (Å²) in [7, 11) is 1.62. The lowest BCUT2D eigenvalue weighted by Gasteiger charge is -2.16. The predicted octanol–water partition coefficient (Wildman–Crippen LogP) is 5.25. The molecule has 0 amide bonds. The fourth-order valence-corrected chi connectivity index (χ4v) is 2.80. The average molecular weight is 370 g/mol. The van der Waals surface area contributed by atoms with E-state index in [1.807, 2.05) is 54.6 Å². The van der Waals surface area contributed by atoms with Crippen LogP contribution in [0.5, 0.6) is 17.2 Å². The first-order chi connectivity index (χ1) is 12.7. The van der Waals surface area contributed by atoms with Gasteiger partial charge in [-0.2, -0.15) is 0 Å². The quantitative estimate of drug-likeness (QED) is 0.559. The first kappa shape index (κ1) is 18.0. The zero-order valence-corrected chi connectivity index (χ0v) is 15.2. The Morgan fingerprint density at radius 2 is 1.77 bits per heavy atom. The van der Waals surface area contributed by atoms with Gasteiger partial charge >= 0.3 is 0 Å². The van der Waals surface area contributed by atoms with E-state index in [4.69, 9.17) is 21.1 Å². The van der Waals surface area contributed by atoms with E-state index in [2.05, 4.69) is 5.32 Å². The molecule has 0 aromatic heterocycles. The Kier molecular flexibility index (Phi) is 5.87. The Balaban J connectivity index is 1.75. The Morgan fingerprint density at radius 1 is 1.00 bits per heavy atom. The Morgan fingerprint density at radius 3 is 2.50 bits per heavy atom. The molecule has 0 saturated heterocycles. The molecule has 0 spiro atoms. The number of ether oxygens (including phenoxy) is 2. The number of benzene rings is 3. The summed E-state index contributed by atoms with van der Waals surface area (Å²) < 4.78 is 11.5. The first-order valence-electron chi connectivity index (χ1n) is 8.22. The van der Waals surface area contributed by atoms with Gasteiger partial charge in [0.25, 0.3) is 0 Å². The lowest BCUT2D eigenvalue weighted by molar-refractivity contribution is 0.281. The molecule has 0 aliphatic carbocycles. The van der Waals surface area contributed by atoms with Gasteiger partial charge < -0.3 is 19.9 Å². The average Bonchev–Trinajstić information content (AvgIpc) is 2.66. The lowest BCUT2D eigenvalue weighted by Crippen LogP contribution is -2.05. The molecule has 0 saturated carbocycles. The number of halogens is 1. The number of para-hydroxylation sites is 1. The van der Waals surface area contributed by atoms with E-state index < -0.39 is 0 Å². The van der Waals surface area contributed by atoms with Crippen molar-refractivity contribution < 1.29 is 14.6 Å². The fourth-order valence-electron chi connectivity index (χ4n) is 2.58. The van der Waals surface area contributed by atoms with E-state index in [1.54, 1.807) is 19.2 Å². The molecule has 0 fully saturated rings. The van der Waals surface area contributed by atoms with Crippen LogP contribution in [0.15, 0.2) is 66.7 Å². The smallest absolute Gasteiger partial charge is 0.166 e. The third-order valence-corrected chi connectivity index (χ3v) is 4.14. The number of hydrogen-bond acceptors (Lipinski definition) is 4. The van der Waals surface area contributed by atoms with Gasteiger partial charge in [-0.05, 0) is 48.0 Å². The number of methoxy groups -OCH3 is 1. The monoisotopic (exact) mass is 369 g/mol. The highest BCUT2D eigenvalue weighted by Crippen LogP contribution is 2.32. The minimum Gasteiger partial charge on any atom is -0.508 e. The maximum atomic E-state index is 9.38. The number of anilines is 1. The van der Waals surface area contributed by atoms with E-state index in [1.165, 1.54) is 0 Å². The summed E-state index contributed by atoms with van der Waals surface area (Å²) in [5, 5.41) is 13.4. The first-order valence-corrected chi connectivity index (χ1v) is 8.59. The summed E-state index contributed by atoms with van der Waals surface area (Å²) >= 11 is 6.04. The number of nitrogens with one attached hydrogen (secondary N) is 1. The lowest BCUT2D eigenvalue weighted by atomic mass is 10.1. The van der Waals surface area contributed by atoms with Crippen molar-refractivity contribution in [3.63, 3.8) is 0 Å². The molecule has 3 rings (SSSR count). The third kappa shape index (κ3) is 4.61. The predicted molar refractivity (Wildman–Crippen MR) is 104 cm³/mol. The fraction of sp³-hybridized carbons (Fsp3) is 0.143. The molecular formula is C21H20ClNO3. The molecule has 0 aliphatic heterocycles. The van der Waals surface area contributed by atoms with Crippen LogP contribution in [0.2, 0.25) is 5.02 Å². The van der Waals surface area contributed by atoms with Crippen LogP contribution in [0.25, 0.3) is 0 Å². The minimum atomic E-state index is 0.238. The molecule has 0 unspecified atom stereocenters. The van der Waals surface area contributed by atoms with Crippen molar-refractivity contribution in [3.8, 4) is 17.2 Å². The molecule has 5 heteroatoms. The Bertz CT molecular complexity index is 865. The van der Waals surface area contributed by atoms with Gasteiger partial charge in [-0.1, -0.05) is 35.9 Å². The van der Waals surface area contributed by atoms with Gasteiger partial charge in [0.2, 0.25) is 0 Å². The molecule has 0 atom stereocenters. The van der Waals surface area contributed by atoms with Crippen molar-refractivity contribution in [2.45, 2.75) is 13.2 Å². The van der Waals surface area contributed by atoms with Gasteiger partial charge in [-0.3, -0.25) is 0 Å². The normalized spacial score (nSPS) is 10.4. The van der Waals surface area contributed by atoms with Crippen LogP contribution in [0.3, 0.4) is 0 Å². The molecule has 2 N–H and O–H groups in total. The summed E-state index contributed by atoms with van der Waals surface area (Å²) in [6.45, 7) is 0.958. The highest BCUT2D eigenvalue weighted by molar-refractivity contribution is 6.30. The minimum absolute atomic E-state index is 0.238. The van der Waals surface area contributed by atoms with Crippen molar-refractivity contribution in [1.29, 1.82) is 0 Å². The van der Waals surface area contributed by atoms with Gasteiger partial charge in [0, 0.05) is 22.8 Å². The highest BCUT2D eigenvalue weighted by atomic mass is 35.5. The van der Waals surface area contributed by atoms with Crippen LogP contribution in [0, 0.1) is 0 Å². The number of phenols is 1. The van der Waals surface area contributed by atoms with Crippen molar-refractivity contribution in [3.05, 3.63) is 82.9 Å². The maximum absolute atomic E-state index is 9.38. The van der Waals surface area contributed by atoms with Gasteiger partial charge in [0.15, 0.2) is 11.5 Å². The number of phenolic OH excluding ortho intramolecular Hbond substituents is 1. The van der Waals surface area contributed by atoms with E-state index in [9.17, 15) is 5.11 Å². The van der Waals surface area contributed by atoms with Gasteiger partial charge in [-0.15, -0.1) is 0 Å². The SMILES string of the molecule is COc1cccc(CNc2ccc(O)cc2)c1OCc1cccc(Cl)c1. The topological polar surface area (TPSA) is 50.7 Å². The van der Waals surface area contributed by atoms with Crippen LogP contribution in [0.4, 0.5) is 5.69 Å². The van der Waals surface area contributed by atoms with Crippen LogP contribution < -0.4 is 14.8 Å². The summed E-state index contributed by atoms with van der Waals surface area (Å²) in [4.78, 5) is 0. The third-order valence-electron chi connectivity index (χ3n) is 3.90. The molecule has 0 bridgehead atoms. The van der Waals surface area contributed by atoms with Crippen molar-refractivity contribution in [2.24, 2.45) is 0 Å². The second kappa shape index (κ2) is 8.50. The van der Waals surface area contributed by atoms with E-state index in [0.29, 0.717) is 29.7 Å². The molecule has 3 aromatic carbocycles. The van der Waals surface area contributed by atoms with Crippen LogP contribution in [-0.2, 0) is 13.2 Å². The molecule has 0 radical (unpaired) electrons. The molecule has 0 aliphatic rings. The summed E-state index contributed by atoms with van der Waals surface area (Å²) in [5.74, 6) is 1.61. The second-order valence-electron chi connectivity index (χ2n) is 5.77. The van der Waals surface area contributed by atoms with E-state index in [-0.39, 0.29) is 5.75 Å². The van der Waals surface area contributed by atoms with Gasteiger partial charge in [0.05, 0.1) is 7.11 Å². The number of rotatable bonds is 7. The zero-order chi connectivity index (χ0) is 18.4. The highest BCUT2D eigenvalue weighted by Gasteiger charge is 2.11. The number of aromatic hydroxyl groups is 1. The molecule has 134 valence electrons. The zero-order valence-electron chi connectivity index (χ0n) is 14.4. The second-order valence-corrected chi connectivity index (χ2v) is 6.20. The summed E-state index contributed by atoms with van der Waals surface area (Å²) in [5.41, 5.74) is 2.87. The summed E-state index contributed by atoms with van der Waals surface area (Å²) in [6, 6.07) is 20.3. The standard InChI is InChI=1S/C21H20ClNO3/c1-25-20-7-3-5-16(13-23-18-8-10-19(24)11-9-18)21(20)26-14-15-4-2-6-17(22)12-15/h2-12,23-24H,13-14H2,1H3.